The number of hydrogen-bond donors (Lipinski definition) is 1. The standard InChI is InChI=1S/C14H18F2O2/c1-13(2,3)11(12(17)18)9-14(15,16)10-7-5-4-6-8-10/h4-8,11H,9H2,1-3H3,(H,17,18). The van der Waals surface area contributed by atoms with Crippen molar-refractivity contribution in [2.24, 2.45) is 11.3 Å². The highest BCUT2D eigenvalue weighted by Crippen LogP contribution is 2.40. The molecule has 0 spiro atoms. The molecule has 0 radical (unpaired) electrons. The summed E-state index contributed by atoms with van der Waals surface area (Å²) in [5, 5.41) is 9.09. The molecule has 4 heteroatoms. The van der Waals surface area contributed by atoms with Crippen molar-refractivity contribution < 1.29 is 18.7 Å². The van der Waals surface area contributed by atoms with Gasteiger partial charge in [-0.25, -0.2) is 8.78 Å². The lowest BCUT2D eigenvalue weighted by Gasteiger charge is -2.30. The van der Waals surface area contributed by atoms with Gasteiger partial charge in [0, 0.05) is 12.0 Å². The Kier molecular flexibility index (Phi) is 4.09. The van der Waals surface area contributed by atoms with E-state index in [1.807, 2.05) is 0 Å². The first-order valence-electron chi connectivity index (χ1n) is 5.81. The van der Waals surface area contributed by atoms with Gasteiger partial charge in [0.1, 0.15) is 0 Å². The Balaban J connectivity index is 2.97. The van der Waals surface area contributed by atoms with Crippen LogP contribution in [0.1, 0.15) is 32.8 Å². The molecular formula is C14H18F2O2. The average molecular weight is 256 g/mol. The first kappa shape index (κ1) is 14.6. The van der Waals surface area contributed by atoms with Gasteiger partial charge in [-0.3, -0.25) is 4.79 Å². The number of carboxylic acid groups (broad SMARTS) is 1. The fraction of sp³-hybridized carbons (Fsp3) is 0.500. The highest BCUT2D eigenvalue weighted by atomic mass is 19.3. The molecule has 18 heavy (non-hydrogen) atoms. The Labute approximate surface area is 106 Å². The molecule has 1 N–H and O–H groups in total. The number of alkyl halides is 2. The molecule has 0 saturated carbocycles. The van der Waals surface area contributed by atoms with Gasteiger partial charge < -0.3 is 5.11 Å². The Hall–Kier alpha value is -1.45. The van der Waals surface area contributed by atoms with Crippen molar-refractivity contribution >= 4 is 5.97 Å². The van der Waals surface area contributed by atoms with Gasteiger partial charge >= 0.3 is 5.97 Å². The monoisotopic (exact) mass is 256 g/mol. The van der Waals surface area contributed by atoms with Crippen molar-refractivity contribution in [2.75, 3.05) is 0 Å². The molecule has 0 fully saturated rings. The summed E-state index contributed by atoms with van der Waals surface area (Å²) in [6.45, 7) is 4.98. The summed E-state index contributed by atoms with van der Waals surface area (Å²) >= 11 is 0. The summed E-state index contributed by atoms with van der Waals surface area (Å²) in [5.74, 6) is -5.40. The number of rotatable bonds is 4. The quantitative estimate of drug-likeness (QED) is 0.886. The van der Waals surface area contributed by atoms with Crippen LogP contribution in [0.5, 0.6) is 0 Å². The molecule has 1 rings (SSSR count). The minimum Gasteiger partial charge on any atom is -0.481 e. The summed E-state index contributed by atoms with van der Waals surface area (Å²) < 4.78 is 28.1. The van der Waals surface area contributed by atoms with Gasteiger partial charge in [0.2, 0.25) is 0 Å². The van der Waals surface area contributed by atoms with Gasteiger partial charge in [-0.2, -0.15) is 0 Å². The average Bonchev–Trinajstić information content (AvgIpc) is 2.25. The maximum atomic E-state index is 14.0. The topological polar surface area (TPSA) is 37.3 Å². The summed E-state index contributed by atoms with van der Waals surface area (Å²) in [4.78, 5) is 11.1. The van der Waals surface area contributed by atoms with E-state index in [0.29, 0.717) is 0 Å². The fourth-order valence-corrected chi connectivity index (χ4v) is 1.82. The van der Waals surface area contributed by atoms with Crippen molar-refractivity contribution in [3.63, 3.8) is 0 Å². The molecule has 0 saturated heterocycles. The minimum absolute atomic E-state index is 0.138. The number of carboxylic acids is 1. The van der Waals surface area contributed by atoms with Crippen LogP contribution in [-0.4, -0.2) is 11.1 Å². The van der Waals surface area contributed by atoms with Crippen molar-refractivity contribution in [1.29, 1.82) is 0 Å². The fourth-order valence-electron chi connectivity index (χ4n) is 1.82. The van der Waals surface area contributed by atoms with Gasteiger partial charge in [-0.1, -0.05) is 51.1 Å². The third-order valence-corrected chi connectivity index (χ3v) is 3.00. The maximum Gasteiger partial charge on any atom is 0.307 e. The van der Waals surface area contributed by atoms with Gasteiger partial charge in [-0.15, -0.1) is 0 Å². The molecule has 0 aliphatic carbocycles. The normalized spacial score (nSPS) is 14.3. The van der Waals surface area contributed by atoms with E-state index in [0.717, 1.165) is 0 Å². The van der Waals surface area contributed by atoms with Crippen molar-refractivity contribution in [3.8, 4) is 0 Å². The van der Waals surface area contributed by atoms with E-state index < -0.39 is 29.6 Å². The van der Waals surface area contributed by atoms with Crippen molar-refractivity contribution in [1.82, 2.24) is 0 Å². The second-order valence-corrected chi connectivity index (χ2v) is 5.53. The highest BCUT2D eigenvalue weighted by Gasteiger charge is 2.42. The smallest absolute Gasteiger partial charge is 0.307 e. The molecule has 0 heterocycles. The first-order chi connectivity index (χ1) is 8.14. The molecule has 1 atom stereocenters. The molecule has 0 aliphatic heterocycles. The Morgan fingerprint density at radius 3 is 2.11 bits per heavy atom. The molecule has 1 aromatic carbocycles. The lowest BCUT2D eigenvalue weighted by atomic mass is 9.76. The maximum absolute atomic E-state index is 14.0. The summed E-state index contributed by atoms with van der Waals surface area (Å²) in [5.41, 5.74) is -0.843. The van der Waals surface area contributed by atoms with Crippen LogP contribution < -0.4 is 0 Å². The lowest BCUT2D eigenvalue weighted by molar-refractivity contribution is -0.151. The second-order valence-electron chi connectivity index (χ2n) is 5.53. The van der Waals surface area contributed by atoms with E-state index in [-0.39, 0.29) is 5.56 Å². The molecule has 1 unspecified atom stereocenters. The molecule has 0 aliphatic rings. The van der Waals surface area contributed by atoms with Crippen molar-refractivity contribution in [2.45, 2.75) is 33.1 Å². The molecule has 0 amide bonds. The summed E-state index contributed by atoms with van der Waals surface area (Å²) in [6.07, 6.45) is -0.685. The molecule has 0 bridgehead atoms. The largest absolute Gasteiger partial charge is 0.481 e. The van der Waals surface area contributed by atoms with Gasteiger partial charge in [0.15, 0.2) is 0 Å². The third kappa shape index (κ3) is 3.52. The number of carbonyl (C=O) groups is 1. The predicted octanol–water partition coefficient (Wildman–Crippen LogP) is 3.92. The van der Waals surface area contributed by atoms with Crippen molar-refractivity contribution in [3.05, 3.63) is 35.9 Å². The van der Waals surface area contributed by atoms with E-state index in [4.69, 9.17) is 5.11 Å². The first-order valence-corrected chi connectivity index (χ1v) is 5.81. The summed E-state index contributed by atoms with van der Waals surface area (Å²) in [6, 6.07) is 7.34. The number of hydrogen-bond acceptors (Lipinski definition) is 1. The zero-order valence-electron chi connectivity index (χ0n) is 10.8. The van der Waals surface area contributed by atoms with Gasteiger partial charge in [0.25, 0.3) is 5.92 Å². The number of benzene rings is 1. The van der Waals surface area contributed by atoms with Crippen LogP contribution in [0, 0.1) is 11.3 Å². The minimum atomic E-state index is -3.13. The van der Waals surface area contributed by atoms with Crippen LogP contribution in [-0.2, 0) is 10.7 Å². The van der Waals surface area contributed by atoms with E-state index in [1.54, 1.807) is 26.8 Å². The van der Waals surface area contributed by atoms with E-state index in [1.165, 1.54) is 24.3 Å². The van der Waals surface area contributed by atoms with Crippen LogP contribution in [0.3, 0.4) is 0 Å². The van der Waals surface area contributed by atoms with E-state index >= 15 is 0 Å². The Bertz CT molecular complexity index is 408. The van der Waals surface area contributed by atoms with E-state index in [9.17, 15) is 13.6 Å². The zero-order chi connectivity index (χ0) is 14.0. The molecular weight excluding hydrogens is 238 g/mol. The molecule has 2 nitrogen and oxygen atoms in total. The van der Waals surface area contributed by atoms with Crippen LogP contribution in [0.4, 0.5) is 8.78 Å². The van der Waals surface area contributed by atoms with E-state index in [2.05, 4.69) is 0 Å². The molecule has 0 aromatic heterocycles. The van der Waals surface area contributed by atoms with Crippen LogP contribution in [0.25, 0.3) is 0 Å². The van der Waals surface area contributed by atoms with Crippen LogP contribution in [0.15, 0.2) is 30.3 Å². The third-order valence-electron chi connectivity index (χ3n) is 3.00. The zero-order valence-corrected chi connectivity index (χ0v) is 10.8. The Morgan fingerprint density at radius 2 is 1.72 bits per heavy atom. The lowest BCUT2D eigenvalue weighted by Crippen LogP contribution is -2.33. The number of aliphatic carboxylic acids is 1. The van der Waals surface area contributed by atoms with Gasteiger partial charge in [-0.05, 0) is 5.41 Å². The van der Waals surface area contributed by atoms with Crippen LogP contribution in [0.2, 0.25) is 0 Å². The SMILES string of the molecule is CC(C)(C)C(CC(F)(F)c1ccccc1)C(=O)O. The van der Waals surface area contributed by atoms with Gasteiger partial charge in [0.05, 0.1) is 5.92 Å². The summed E-state index contributed by atoms with van der Waals surface area (Å²) in [7, 11) is 0. The second kappa shape index (κ2) is 5.04. The predicted molar refractivity (Wildman–Crippen MR) is 65.5 cm³/mol. The highest BCUT2D eigenvalue weighted by molar-refractivity contribution is 5.71. The molecule has 100 valence electrons. The van der Waals surface area contributed by atoms with Crippen LogP contribution >= 0.6 is 0 Å². The molecule has 1 aromatic rings. The number of halogens is 2. The Morgan fingerprint density at radius 1 is 1.22 bits per heavy atom.